The third-order valence-corrected chi connectivity index (χ3v) is 6.22. The highest BCUT2D eigenvalue weighted by molar-refractivity contribution is 7.89. The minimum atomic E-state index is -3.62. The van der Waals surface area contributed by atoms with Crippen molar-refractivity contribution in [2.24, 2.45) is 0 Å². The van der Waals surface area contributed by atoms with Gasteiger partial charge in [-0.1, -0.05) is 37.1 Å². The number of benzene rings is 2. The number of rotatable bonds is 6. The van der Waals surface area contributed by atoms with Crippen molar-refractivity contribution in [2.45, 2.75) is 43.5 Å². The van der Waals surface area contributed by atoms with Crippen molar-refractivity contribution < 1.29 is 13.2 Å². The number of amides is 1. The van der Waals surface area contributed by atoms with Gasteiger partial charge < -0.3 is 4.90 Å². The predicted octanol–water partition coefficient (Wildman–Crippen LogP) is 3.57. The molecule has 3 rings (SSSR count). The number of para-hydroxylation sites is 1. The van der Waals surface area contributed by atoms with Gasteiger partial charge in [-0.3, -0.25) is 4.79 Å². The summed E-state index contributed by atoms with van der Waals surface area (Å²) in [6.07, 6.45) is 3.84. The van der Waals surface area contributed by atoms with Crippen LogP contribution in [0.3, 0.4) is 0 Å². The van der Waals surface area contributed by atoms with Crippen molar-refractivity contribution in [1.82, 2.24) is 4.72 Å². The van der Waals surface area contributed by atoms with Gasteiger partial charge >= 0.3 is 0 Å². The van der Waals surface area contributed by atoms with Gasteiger partial charge in [0, 0.05) is 23.8 Å². The normalized spacial score (nSPS) is 15.1. The third-order valence-electron chi connectivity index (χ3n) is 4.70. The van der Waals surface area contributed by atoms with E-state index in [2.05, 4.69) is 4.72 Å². The molecule has 1 aliphatic carbocycles. The second-order valence-electron chi connectivity index (χ2n) is 6.52. The molecule has 138 valence electrons. The van der Waals surface area contributed by atoms with Gasteiger partial charge in [0.25, 0.3) is 5.91 Å². The van der Waals surface area contributed by atoms with E-state index in [0.717, 1.165) is 31.4 Å². The fourth-order valence-corrected chi connectivity index (χ4v) is 4.69. The maximum absolute atomic E-state index is 12.9. The zero-order valence-electron chi connectivity index (χ0n) is 14.9. The van der Waals surface area contributed by atoms with Crippen LogP contribution in [0.4, 0.5) is 5.69 Å². The summed E-state index contributed by atoms with van der Waals surface area (Å²) < 4.78 is 28.0. The van der Waals surface area contributed by atoms with Crippen LogP contribution in [0, 0.1) is 0 Å². The molecule has 0 unspecified atom stereocenters. The molecule has 0 atom stereocenters. The number of carbonyl (C=O) groups is 1. The lowest BCUT2D eigenvalue weighted by Gasteiger charge is -2.21. The Morgan fingerprint density at radius 3 is 2.42 bits per heavy atom. The van der Waals surface area contributed by atoms with Crippen molar-refractivity contribution in [3.63, 3.8) is 0 Å². The van der Waals surface area contributed by atoms with Gasteiger partial charge in [-0.05, 0) is 50.1 Å². The third kappa shape index (κ3) is 4.14. The summed E-state index contributed by atoms with van der Waals surface area (Å²) in [5.74, 6) is -0.211. The Morgan fingerprint density at radius 2 is 1.77 bits per heavy atom. The minimum Gasteiger partial charge on any atom is -0.309 e. The SMILES string of the molecule is CCN(C(=O)c1cccc(S(=O)(=O)NC2CCCC2)c1)c1ccccc1. The molecule has 1 saturated carbocycles. The molecule has 0 spiro atoms. The zero-order valence-corrected chi connectivity index (χ0v) is 15.7. The van der Waals surface area contributed by atoms with Gasteiger partial charge in [0.2, 0.25) is 10.0 Å². The van der Waals surface area contributed by atoms with Crippen LogP contribution in [0.1, 0.15) is 43.0 Å². The van der Waals surface area contributed by atoms with Crippen molar-refractivity contribution >= 4 is 21.6 Å². The molecule has 1 amide bonds. The number of nitrogens with one attached hydrogen (secondary N) is 1. The first-order chi connectivity index (χ1) is 12.5. The van der Waals surface area contributed by atoms with E-state index in [1.165, 1.54) is 12.1 Å². The molecule has 0 bridgehead atoms. The zero-order chi connectivity index (χ0) is 18.6. The molecule has 1 aliphatic rings. The van der Waals surface area contributed by atoms with Crippen LogP contribution in [0.15, 0.2) is 59.5 Å². The monoisotopic (exact) mass is 372 g/mol. The van der Waals surface area contributed by atoms with Crippen molar-refractivity contribution in [3.8, 4) is 0 Å². The molecule has 26 heavy (non-hydrogen) atoms. The lowest BCUT2D eigenvalue weighted by atomic mass is 10.2. The summed E-state index contributed by atoms with van der Waals surface area (Å²) in [7, 11) is -3.62. The van der Waals surface area contributed by atoms with E-state index in [0.29, 0.717) is 12.1 Å². The Bertz CT molecular complexity index is 860. The van der Waals surface area contributed by atoms with Crippen LogP contribution < -0.4 is 9.62 Å². The molecule has 1 N–H and O–H groups in total. The lowest BCUT2D eigenvalue weighted by molar-refractivity contribution is 0.0988. The van der Waals surface area contributed by atoms with Gasteiger partial charge in [0.1, 0.15) is 0 Å². The van der Waals surface area contributed by atoms with E-state index in [9.17, 15) is 13.2 Å². The highest BCUT2D eigenvalue weighted by Crippen LogP contribution is 2.22. The highest BCUT2D eigenvalue weighted by atomic mass is 32.2. The van der Waals surface area contributed by atoms with Crippen molar-refractivity contribution in [2.75, 3.05) is 11.4 Å². The Labute approximate surface area is 155 Å². The summed E-state index contributed by atoms with van der Waals surface area (Å²) in [5, 5.41) is 0. The van der Waals surface area contributed by atoms with E-state index in [1.807, 2.05) is 37.3 Å². The fourth-order valence-electron chi connectivity index (χ4n) is 3.33. The number of anilines is 1. The first-order valence-electron chi connectivity index (χ1n) is 9.00. The molecule has 1 fully saturated rings. The average Bonchev–Trinajstić information content (AvgIpc) is 3.15. The van der Waals surface area contributed by atoms with Gasteiger partial charge in [0.15, 0.2) is 0 Å². The van der Waals surface area contributed by atoms with Gasteiger partial charge in [-0.25, -0.2) is 13.1 Å². The molecule has 6 heteroatoms. The Morgan fingerprint density at radius 1 is 1.08 bits per heavy atom. The van der Waals surface area contributed by atoms with E-state index in [4.69, 9.17) is 0 Å². The number of hydrogen-bond acceptors (Lipinski definition) is 3. The molecule has 0 saturated heterocycles. The van der Waals surface area contributed by atoms with Gasteiger partial charge in [-0.15, -0.1) is 0 Å². The molecular formula is C20H24N2O3S. The van der Waals surface area contributed by atoms with E-state index < -0.39 is 10.0 Å². The van der Waals surface area contributed by atoms with E-state index in [-0.39, 0.29) is 16.8 Å². The topological polar surface area (TPSA) is 66.5 Å². The summed E-state index contributed by atoms with van der Waals surface area (Å²) in [6, 6.07) is 15.6. The summed E-state index contributed by atoms with van der Waals surface area (Å²) >= 11 is 0. The molecular weight excluding hydrogens is 348 g/mol. The molecule has 0 aliphatic heterocycles. The van der Waals surface area contributed by atoms with Crippen LogP contribution in [-0.2, 0) is 10.0 Å². The van der Waals surface area contributed by atoms with Crippen molar-refractivity contribution in [3.05, 3.63) is 60.2 Å². The number of sulfonamides is 1. The maximum Gasteiger partial charge on any atom is 0.258 e. The average molecular weight is 372 g/mol. The van der Waals surface area contributed by atoms with Crippen LogP contribution in [0.5, 0.6) is 0 Å². The van der Waals surface area contributed by atoms with Gasteiger partial charge in [-0.2, -0.15) is 0 Å². The fraction of sp³-hybridized carbons (Fsp3) is 0.350. The predicted molar refractivity (Wildman–Crippen MR) is 103 cm³/mol. The van der Waals surface area contributed by atoms with E-state index in [1.54, 1.807) is 17.0 Å². The lowest BCUT2D eigenvalue weighted by Crippen LogP contribution is -2.33. The Balaban J connectivity index is 1.85. The van der Waals surface area contributed by atoms with Crippen LogP contribution in [0.2, 0.25) is 0 Å². The van der Waals surface area contributed by atoms with Crippen LogP contribution >= 0.6 is 0 Å². The number of hydrogen-bond donors (Lipinski definition) is 1. The summed E-state index contributed by atoms with van der Waals surface area (Å²) in [5.41, 5.74) is 1.15. The van der Waals surface area contributed by atoms with Gasteiger partial charge in [0.05, 0.1) is 4.90 Å². The second kappa shape index (κ2) is 8.01. The maximum atomic E-state index is 12.9. The first-order valence-corrected chi connectivity index (χ1v) is 10.5. The molecule has 5 nitrogen and oxygen atoms in total. The van der Waals surface area contributed by atoms with Crippen LogP contribution in [-0.4, -0.2) is 26.9 Å². The minimum absolute atomic E-state index is 0.00387. The molecule has 2 aromatic rings. The Hall–Kier alpha value is -2.18. The molecule has 0 heterocycles. The number of carbonyl (C=O) groups excluding carboxylic acids is 1. The quantitative estimate of drug-likeness (QED) is 0.843. The van der Waals surface area contributed by atoms with E-state index >= 15 is 0 Å². The molecule has 2 aromatic carbocycles. The standard InChI is InChI=1S/C20H24N2O3S/c1-2-22(18-12-4-3-5-13-18)20(23)16-9-8-14-19(15-16)26(24,25)21-17-10-6-7-11-17/h3-5,8-9,12-15,17,21H,2,6-7,10-11H2,1H3. The first kappa shape index (κ1) is 18.6. The highest BCUT2D eigenvalue weighted by Gasteiger charge is 2.24. The molecule has 0 aromatic heterocycles. The second-order valence-corrected chi connectivity index (χ2v) is 8.23. The molecule has 0 radical (unpaired) electrons. The smallest absolute Gasteiger partial charge is 0.258 e. The summed E-state index contributed by atoms with van der Waals surface area (Å²) in [4.78, 5) is 14.7. The summed E-state index contributed by atoms with van der Waals surface area (Å²) in [6.45, 7) is 2.40. The van der Waals surface area contributed by atoms with Crippen LogP contribution in [0.25, 0.3) is 0 Å². The van der Waals surface area contributed by atoms with Crippen molar-refractivity contribution in [1.29, 1.82) is 0 Å². The Kier molecular flexibility index (Phi) is 5.74. The largest absolute Gasteiger partial charge is 0.309 e. The number of nitrogens with zero attached hydrogens (tertiary/aromatic N) is 1.